The van der Waals surface area contributed by atoms with Crippen LogP contribution in [0.1, 0.15) is 16.9 Å². The Morgan fingerprint density at radius 2 is 2.17 bits per heavy atom. The molecule has 0 atom stereocenters. The highest BCUT2D eigenvalue weighted by molar-refractivity contribution is 6.02. The Morgan fingerprint density at radius 1 is 1.39 bits per heavy atom. The molecular formula is C13H11N3O2. The fourth-order valence-corrected chi connectivity index (χ4v) is 1.64. The molecule has 0 aliphatic carbocycles. The monoisotopic (exact) mass is 241 g/mol. The van der Waals surface area contributed by atoms with Crippen LogP contribution in [0.5, 0.6) is 0 Å². The van der Waals surface area contributed by atoms with E-state index in [1.807, 2.05) is 12.1 Å². The molecule has 0 amide bonds. The molecule has 1 aromatic heterocycles. The minimum Gasteiger partial charge on any atom is -0.476 e. The van der Waals surface area contributed by atoms with Crippen molar-refractivity contribution in [2.45, 2.75) is 6.42 Å². The Morgan fingerprint density at radius 3 is 2.89 bits per heavy atom. The third-order valence-electron chi connectivity index (χ3n) is 2.44. The molecule has 0 saturated carbocycles. The van der Waals surface area contributed by atoms with Crippen molar-refractivity contribution in [3.8, 4) is 12.3 Å². The summed E-state index contributed by atoms with van der Waals surface area (Å²) in [5.41, 5.74) is 1.01. The second-order valence-electron chi connectivity index (χ2n) is 3.63. The van der Waals surface area contributed by atoms with Gasteiger partial charge in [0.15, 0.2) is 5.69 Å². The van der Waals surface area contributed by atoms with E-state index in [9.17, 15) is 4.79 Å². The largest absolute Gasteiger partial charge is 0.476 e. The molecule has 0 aliphatic rings. The van der Waals surface area contributed by atoms with Crippen molar-refractivity contribution in [2.75, 3.05) is 11.9 Å². The van der Waals surface area contributed by atoms with Gasteiger partial charge in [0.25, 0.3) is 0 Å². The standard InChI is InChI=1S/C13H11N3O2/c1-2-3-8-14-11-9-6-4-5-7-10(9)15-16-12(11)13(17)18/h1,4-7H,3,8H2,(H,14,15)(H,17,18). The number of hydrogen-bond acceptors (Lipinski definition) is 4. The second-order valence-corrected chi connectivity index (χ2v) is 3.63. The first-order valence-electron chi connectivity index (χ1n) is 5.40. The van der Waals surface area contributed by atoms with Gasteiger partial charge in [0.05, 0.1) is 11.2 Å². The third-order valence-corrected chi connectivity index (χ3v) is 2.44. The minimum atomic E-state index is -1.11. The molecule has 0 bridgehead atoms. The van der Waals surface area contributed by atoms with Crippen LogP contribution in [0.4, 0.5) is 5.69 Å². The molecule has 5 heteroatoms. The summed E-state index contributed by atoms with van der Waals surface area (Å²) >= 11 is 0. The zero-order valence-electron chi connectivity index (χ0n) is 9.55. The van der Waals surface area contributed by atoms with E-state index in [1.54, 1.807) is 12.1 Å². The summed E-state index contributed by atoms with van der Waals surface area (Å²) in [6, 6.07) is 7.22. The molecule has 0 spiro atoms. The summed E-state index contributed by atoms with van der Waals surface area (Å²) in [5, 5.41) is 20.4. The predicted molar refractivity (Wildman–Crippen MR) is 68.4 cm³/mol. The molecule has 0 radical (unpaired) electrons. The number of anilines is 1. The van der Waals surface area contributed by atoms with E-state index in [0.717, 1.165) is 5.39 Å². The number of carboxylic acids is 1. The van der Waals surface area contributed by atoms with Gasteiger partial charge < -0.3 is 10.4 Å². The van der Waals surface area contributed by atoms with E-state index in [4.69, 9.17) is 11.5 Å². The average Bonchev–Trinajstić information content (AvgIpc) is 2.38. The molecular weight excluding hydrogens is 230 g/mol. The Hall–Kier alpha value is -2.61. The summed E-state index contributed by atoms with van der Waals surface area (Å²) in [6.07, 6.45) is 5.68. The minimum absolute atomic E-state index is 0.0919. The lowest BCUT2D eigenvalue weighted by Gasteiger charge is -2.10. The topological polar surface area (TPSA) is 75.1 Å². The van der Waals surface area contributed by atoms with Crippen LogP contribution in [-0.4, -0.2) is 27.8 Å². The number of benzene rings is 1. The first-order valence-corrected chi connectivity index (χ1v) is 5.40. The molecule has 0 aliphatic heterocycles. The number of terminal acetylenes is 1. The maximum atomic E-state index is 11.1. The van der Waals surface area contributed by atoms with Crippen molar-refractivity contribution >= 4 is 22.6 Å². The summed E-state index contributed by atoms with van der Waals surface area (Å²) in [4.78, 5) is 11.1. The zero-order valence-corrected chi connectivity index (χ0v) is 9.55. The first kappa shape index (κ1) is 11.9. The van der Waals surface area contributed by atoms with Crippen molar-refractivity contribution in [3.63, 3.8) is 0 Å². The maximum absolute atomic E-state index is 11.1. The molecule has 0 unspecified atom stereocenters. The normalized spacial score (nSPS) is 9.94. The lowest BCUT2D eigenvalue weighted by atomic mass is 10.1. The van der Waals surface area contributed by atoms with Gasteiger partial charge in [-0.2, -0.15) is 0 Å². The molecule has 2 rings (SSSR count). The lowest BCUT2D eigenvalue weighted by Crippen LogP contribution is -2.11. The number of aromatic nitrogens is 2. The van der Waals surface area contributed by atoms with Crippen LogP contribution in [0.3, 0.4) is 0 Å². The quantitative estimate of drug-likeness (QED) is 0.630. The first-order chi connectivity index (χ1) is 8.74. The number of carbonyl (C=O) groups is 1. The van der Waals surface area contributed by atoms with Gasteiger partial charge in [-0.3, -0.25) is 0 Å². The van der Waals surface area contributed by atoms with Crippen molar-refractivity contribution in [3.05, 3.63) is 30.0 Å². The third kappa shape index (κ3) is 2.23. The van der Waals surface area contributed by atoms with Crippen LogP contribution in [0.25, 0.3) is 10.9 Å². The summed E-state index contributed by atoms with van der Waals surface area (Å²) in [5.74, 6) is 1.37. The van der Waals surface area contributed by atoms with Crippen molar-refractivity contribution in [2.24, 2.45) is 0 Å². The molecule has 18 heavy (non-hydrogen) atoms. The van der Waals surface area contributed by atoms with E-state index in [1.165, 1.54) is 0 Å². The number of fused-ring (bicyclic) bond motifs is 1. The smallest absolute Gasteiger partial charge is 0.358 e. The van der Waals surface area contributed by atoms with Gasteiger partial charge >= 0.3 is 5.97 Å². The van der Waals surface area contributed by atoms with Gasteiger partial charge in [-0.05, 0) is 6.07 Å². The highest BCUT2D eigenvalue weighted by Crippen LogP contribution is 2.24. The fraction of sp³-hybridized carbons (Fsp3) is 0.154. The van der Waals surface area contributed by atoms with Crippen LogP contribution < -0.4 is 5.32 Å². The number of nitrogens with one attached hydrogen (secondary N) is 1. The van der Waals surface area contributed by atoms with Crippen molar-refractivity contribution < 1.29 is 9.90 Å². The van der Waals surface area contributed by atoms with Crippen LogP contribution in [-0.2, 0) is 0 Å². The summed E-state index contributed by atoms with van der Waals surface area (Å²) < 4.78 is 0. The molecule has 2 N–H and O–H groups in total. The SMILES string of the molecule is C#CCCNc1c(C(=O)O)nnc2ccccc12. The molecule has 0 saturated heterocycles. The van der Waals surface area contributed by atoms with Gasteiger partial charge in [-0.25, -0.2) is 4.79 Å². The number of hydrogen-bond donors (Lipinski definition) is 2. The lowest BCUT2D eigenvalue weighted by molar-refractivity contribution is 0.0690. The number of carboxylic acid groups (broad SMARTS) is 1. The van der Waals surface area contributed by atoms with Crippen LogP contribution >= 0.6 is 0 Å². The molecule has 2 aromatic rings. The number of rotatable bonds is 4. The summed E-state index contributed by atoms with van der Waals surface area (Å²) in [6.45, 7) is 0.493. The highest BCUT2D eigenvalue weighted by Gasteiger charge is 2.15. The van der Waals surface area contributed by atoms with Crippen LogP contribution in [0.15, 0.2) is 24.3 Å². The van der Waals surface area contributed by atoms with E-state index >= 15 is 0 Å². The van der Waals surface area contributed by atoms with Crippen LogP contribution in [0.2, 0.25) is 0 Å². The van der Waals surface area contributed by atoms with Gasteiger partial charge in [0, 0.05) is 18.4 Å². The molecule has 5 nitrogen and oxygen atoms in total. The van der Waals surface area contributed by atoms with Gasteiger partial charge in [-0.15, -0.1) is 22.5 Å². The number of nitrogens with zero attached hydrogens (tertiary/aromatic N) is 2. The Balaban J connectivity index is 2.52. The Bertz CT molecular complexity index is 632. The van der Waals surface area contributed by atoms with Gasteiger partial charge in [-0.1, -0.05) is 18.2 Å². The number of aromatic carboxylic acids is 1. The molecule has 1 aromatic carbocycles. The Labute approximate surface area is 104 Å². The van der Waals surface area contributed by atoms with E-state index in [-0.39, 0.29) is 5.69 Å². The molecule has 0 fully saturated rings. The van der Waals surface area contributed by atoms with E-state index in [2.05, 4.69) is 21.4 Å². The molecule has 1 heterocycles. The van der Waals surface area contributed by atoms with Crippen molar-refractivity contribution in [1.29, 1.82) is 0 Å². The second kappa shape index (κ2) is 5.15. The van der Waals surface area contributed by atoms with Crippen LogP contribution in [0, 0.1) is 12.3 Å². The summed E-state index contributed by atoms with van der Waals surface area (Å²) in [7, 11) is 0. The van der Waals surface area contributed by atoms with Gasteiger partial charge in [0.1, 0.15) is 0 Å². The van der Waals surface area contributed by atoms with E-state index in [0.29, 0.717) is 24.2 Å². The van der Waals surface area contributed by atoms with Crippen molar-refractivity contribution in [1.82, 2.24) is 10.2 Å². The van der Waals surface area contributed by atoms with Gasteiger partial charge in [0.2, 0.25) is 0 Å². The Kier molecular flexibility index (Phi) is 3.39. The fourth-order valence-electron chi connectivity index (χ4n) is 1.64. The zero-order chi connectivity index (χ0) is 13.0. The van der Waals surface area contributed by atoms with E-state index < -0.39 is 5.97 Å². The highest BCUT2D eigenvalue weighted by atomic mass is 16.4. The predicted octanol–water partition coefficient (Wildman–Crippen LogP) is 1.76. The maximum Gasteiger partial charge on any atom is 0.358 e. The average molecular weight is 241 g/mol. The molecule has 90 valence electrons.